The van der Waals surface area contributed by atoms with Crippen molar-refractivity contribution in [3.63, 3.8) is 0 Å². The number of unbranched alkanes of at least 4 members (excludes halogenated alkanes) is 1. The van der Waals surface area contributed by atoms with Crippen LogP contribution < -0.4 is 10.0 Å². The van der Waals surface area contributed by atoms with Gasteiger partial charge in [-0.05, 0) is 81.7 Å². The third kappa shape index (κ3) is 7.17. The molecular weight excluding hydrogens is 460 g/mol. The van der Waals surface area contributed by atoms with E-state index in [1.165, 1.54) is 18.2 Å². The van der Waals surface area contributed by atoms with Crippen LogP contribution in [-0.4, -0.2) is 70.4 Å². The van der Waals surface area contributed by atoms with Crippen LogP contribution in [0, 0.1) is 13.8 Å². The number of carbonyl (C=O) groups excluding carboxylic acids is 1. The minimum atomic E-state index is -3.86. The Balaban J connectivity index is 1.56. The predicted molar refractivity (Wildman–Crippen MR) is 134 cm³/mol. The summed E-state index contributed by atoms with van der Waals surface area (Å²) in [6.45, 7) is 9.75. The molecule has 1 aliphatic heterocycles. The largest absolute Gasteiger partial charge is 0.352 e. The first-order valence-corrected chi connectivity index (χ1v) is 13.1. The van der Waals surface area contributed by atoms with E-state index in [9.17, 15) is 13.2 Å². The summed E-state index contributed by atoms with van der Waals surface area (Å²) < 4.78 is 28.3. The van der Waals surface area contributed by atoms with Crippen LogP contribution >= 0.6 is 11.6 Å². The van der Waals surface area contributed by atoms with Gasteiger partial charge in [-0.15, -0.1) is 0 Å². The summed E-state index contributed by atoms with van der Waals surface area (Å²) in [5, 5.41) is 3.08. The number of aryl methyl sites for hydroxylation is 2. The Morgan fingerprint density at radius 1 is 1.00 bits per heavy atom. The molecule has 7 nitrogen and oxygen atoms in total. The lowest BCUT2D eigenvalue weighted by molar-refractivity contribution is 0.0952. The second-order valence-electron chi connectivity index (χ2n) is 8.65. The van der Waals surface area contributed by atoms with Crippen LogP contribution in [0.2, 0.25) is 5.02 Å². The second kappa shape index (κ2) is 11.3. The number of sulfonamides is 1. The predicted octanol–water partition coefficient (Wildman–Crippen LogP) is 3.52. The van der Waals surface area contributed by atoms with E-state index in [0.29, 0.717) is 12.2 Å². The van der Waals surface area contributed by atoms with Crippen molar-refractivity contribution in [2.24, 2.45) is 0 Å². The van der Waals surface area contributed by atoms with Crippen molar-refractivity contribution in [3.8, 4) is 0 Å². The fourth-order valence-electron chi connectivity index (χ4n) is 3.69. The zero-order valence-corrected chi connectivity index (χ0v) is 21.1. The standard InChI is InChI=1S/C24H33ClN4O3S/c1-18-6-7-20(16-19(18)2)27-33(31,32)21-8-9-23(25)22(17-21)24(30)26-10-4-5-11-29-14-12-28(3)13-15-29/h6-9,16-17,27H,4-5,10-15H2,1-3H3,(H,26,30). The monoisotopic (exact) mass is 492 g/mol. The van der Waals surface area contributed by atoms with E-state index >= 15 is 0 Å². The van der Waals surface area contributed by atoms with E-state index in [4.69, 9.17) is 11.6 Å². The molecule has 1 saturated heterocycles. The number of piperazine rings is 1. The molecule has 1 amide bonds. The fraction of sp³-hybridized carbons (Fsp3) is 0.458. The maximum absolute atomic E-state index is 12.9. The van der Waals surface area contributed by atoms with Gasteiger partial charge < -0.3 is 15.1 Å². The van der Waals surface area contributed by atoms with Crippen LogP contribution in [-0.2, 0) is 10.0 Å². The van der Waals surface area contributed by atoms with Gasteiger partial charge in [-0.2, -0.15) is 0 Å². The number of hydrogen-bond acceptors (Lipinski definition) is 5. The highest BCUT2D eigenvalue weighted by molar-refractivity contribution is 7.92. The van der Waals surface area contributed by atoms with E-state index in [2.05, 4.69) is 26.9 Å². The fourth-order valence-corrected chi connectivity index (χ4v) is 4.97. The number of amides is 1. The van der Waals surface area contributed by atoms with E-state index in [0.717, 1.165) is 56.7 Å². The summed E-state index contributed by atoms with van der Waals surface area (Å²) in [6, 6.07) is 9.52. The van der Waals surface area contributed by atoms with Crippen molar-refractivity contribution in [2.45, 2.75) is 31.6 Å². The van der Waals surface area contributed by atoms with Gasteiger partial charge in [-0.3, -0.25) is 9.52 Å². The summed E-state index contributed by atoms with van der Waals surface area (Å²) in [5.74, 6) is -0.372. The first-order valence-electron chi connectivity index (χ1n) is 11.2. The lowest BCUT2D eigenvalue weighted by Crippen LogP contribution is -2.44. The summed E-state index contributed by atoms with van der Waals surface area (Å²) in [6.07, 6.45) is 1.84. The van der Waals surface area contributed by atoms with Gasteiger partial charge in [0.1, 0.15) is 0 Å². The average molecular weight is 493 g/mol. The highest BCUT2D eigenvalue weighted by Crippen LogP contribution is 2.23. The zero-order valence-electron chi connectivity index (χ0n) is 19.5. The van der Waals surface area contributed by atoms with Crippen molar-refractivity contribution in [1.82, 2.24) is 15.1 Å². The van der Waals surface area contributed by atoms with Gasteiger partial charge in [-0.25, -0.2) is 8.42 Å². The van der Waals surface area contributed by atoms with E-state index < -0.39 is 10.0 Å². The van der Waals surface area contributed by atoms with Crippen LogP contribution in [0.5, 0.6) is 0 Å². The number of hydrogen-bond donors (Lipinski definition) is 2. The zero-order chi connectivity index (χ0) is 24.0. The molecule has 0 atom stereocenters. The van der Waals surface area contributed by atoms with Gasteiger partial charge >= 0.3 is 0 Å². The summed E-state index contributed by atoms with van der Waals surface area (Å²) >= 11 is 6.21. The van der Waals surface area contributed by atoms with Crippen LogP contribution in [0.25, 0.3) is 0 Å². The molecule has 0 aromatic heterocycles. The SMILES string of the molecule is Cc1ccc(NS(=O)(=O)c2ccc(Cl)c(C(=O)NCCCCN3CCN(C)CC3)c2)cc1C. The molecule has 1 heterocycles. The minimum absolute atomic E-state index is 0.00894. The smallest absolute Gasteiger partial charge is 0.261 e. The van der Waals surface area contributed by atoms with Gasteiger partial charge in [0.05, 0.1) is 15.5 Å². The number of carbonyl (C=O) groups is 1. The lowest BCUT2D eigenvalue weighted by atomic mass is 10.1. The molecule has 0 saturated carbocycles. The van der Waals surface area contributed by atoms with Gasteiger partial charge in [0.15, 0.2) is 0 Å². The van der Waals surface area contributed by atoms with E-state index in [1.54, 1.807) is 12.1 Å². The molecule has 0 bridgehead atoms. The van der Waals surface area contributed by atoms with Crippen LogP contribution in [0.4, 0.5) is 5.69 Å². The van der Waals surface area contributed by atoms with Gasteiger partial charge in [0.2, 0.25) is 0 Å². The number of halogens is 1. The summed E-state index contributed by atoms with van der Waals surface area (Å²) in [7, 11) is -1.72. The summed E-state index contributed by atoms with van der Waals surface area (Å²) in [5.41, 5.74) is 2.68. The molecule has 33 heavy (non-hydrogen) atoms. The number of likely N-dealkylation sites (N-methyl/N-ethyl adjacent to an activating group) is 1. The Hall–Kier alpha value is -2.13. The Bertz CT molecular complexity index is 1080. The van der Waals surface area contributed by atoms with Gasteiger partial charge in [0.25, 0.3) is 15.9 Å². The van der Waals surface area contributed by atoms with Gasteiger partial charge in [-0.1, -0.05) is 17.7 Å². The Morgan fingerprint density at radius 3 is 2.42 bits per heavy atom. The maximum Gasteiger partial charge on any atom is 0.261 e. The third-order valence-electron chi connectivity index (χ3n) is 6.03. The lowest BCUT2D eigenvalue weighted by Gasteiger charge is -2.32. The molecule has 9 heteroatoms. The number of benzene rings is 2. The normalized spacial score (nSPS) is 15.4. The average Bonchev–Trinajstić information content (AvgIpc) is 2.77. The van der Waals surface area contributed by atoms with Crippen molar-refractivity contribution in [3.05, 3.63) is 58.1 Å². The highest BCUT2D eigenvalue weighted by atomic mass is 35.5. The Morgan fingerprint density at radius 2 is 1.73 bits per heavy atom. The Kier molecular flexibility index (Phi) is 8.75. The number of rotatable bonds is 9. The van der Waals surface area contributed by atoms with Crippen LogP contribution in [0.15, 0.2) is 41.3 Å². The minimum Gasteiger partial charge on any atom is -0.352 e. The molecule has 0 spiro atoms. The van der Waals surface area contributed by atoms with Crippen molar-refractivity contribution in [2.75, 3.05) is 51.0 Å². The molecule has 1 aliphatic rings. The van der Waals surface area contributed by atoms with Crippen molar-refractivity contribution < 1.29 is 13.2 Å². The molecule has 1 fully saturated rings. The number of nitrogens with zero attached hydrogens (tertiary/aromatic N) is 2. The molecule has 0 radical (unpaired) electrons. The van der Waals surface area contributed by atoms with Crippen LogP contribution in [0.3, 0.4) is 0 Å². The van der Waals surface area contributed by atoms with Crippen molar-refractivity contribution in [1.29, 1.82) is 0 Å². The molecule has 180 valence electrons. The molecule has 0 unspecified atom stereocenters. The van der Waals surface area contributed by atoms with Crippen LogP contribution in [0.1, 0.15) is 34.3 Å². The van der Waals surface area contributed by atoms with Gasteiger partial charge in [0, 0.05) is 38.4 Å². The Labute approximate surface area is 202 Å². The van der Waals surface area contributed by atoms with E-state index in [-0.39, 0.29) is 21.4 Å². The molecular formula is C24H33ClN4O3S. The van der Waals surface area contributed by atoms with Crippen molar-refractivity contribution >= 4 is 33.2 Å². The molecule has 0 aliphatic carbocycles. The molecule has 3 rings (SSSR count). The summed E-state index contributed by atoms with van der Waals surface area (Å²) in [4.78, 5) is 17.4. The number of nitrogens with one attached hydrogen (secondary N) is 2. The first-order chi connectivity index (χ1) is 15.7. The quantitative estimate of drug-likeness (QED) is 0.523. The highest BCUT2D eigenvalue weighted by Gasteiger charge is 2.19. The molecule has 2 aromatic carbocycles. The first kappa shape index (κ1) is 25.5. The molecule has 2 aromatic rings. The maximum atomic E-state index is 12.9. The third-order valence-corrected chi connectivity index (χ3v) is 7.74. The topological polar surface area (TPSA) is 81.7 Å². The second-order valence-corrected chi connectivity index (χ2v) is 10.7. The molecule has 2 N–H and O–H groups in total. The number of anilines is 1. The van der Waals surface area contributed by atoms with E-state index in [1.807, 2.05) is 19.9 Å².